The van der Waals surface area contributed by atoms with Crippen LogP contribution in [-0.2, 0) is 9.53 Å². The van der Waals surface area contributed by atoms with Crippen LogP contribution in [0.3, 0.4) is 0 Å². The minimum Gasteiger partial charge on any atom is -0.393 e. The van der Waals surface area contributed by atoms with E-state index in [9.17, 15) is 20.1 Å². The quantitative estimate of drug-likeness (QED) is 0.401. The molecular weight excluding hydrogens is 452 g/mol. The first-order chi connectivity index (χ1) is 16.6. The number of carbonyl (C=O) groups excluding carboxylic acids is 1. The van der Waals surface area contributed by atoms with Gasteiger partial charge in [-0.25, -0.2) is 0 Å². The number of ketones is 1. The van der Waals surface area contributed by atoms with Crippen LogP contribution in [0.4, 0.5) is 0 Å². The van der Waals surface area contributed by atoms with Crippen molar-refractivity contribution in [2.24, 2.45) is 39.4 Å². The average molecular weight is 505 g/mol. The fraction of sp³-hybridized carbons (Fsp3) is 0.903. The molecule has 0 amide bonds. The third-order valence-corrected chi connectivity index (χ3v) is 12.4. The van der Waals surface area contributed by atoms with Crippen LogP contribution in [0.25, 0.3) is 0 Å². The number of aliphatic hydroxyl groups is 3. The van der Waals surface area contributed by atoms with Gasteiger partial charge < -0.3 is 20.1 Å². The summed E-state index contributed by atoms with van der Waals surface area (Å²) >= 11 is 0. The molecule has 206 valence electrons. The summed E-state index contributed by atoms with van der Waals surface area (Å²) in [5.41, 5.74) is 1.68. The Hall–Kier alpha value is -0.750. The van der Waals surface area contributed by atoms with Crippen molar-refractivity contribution < 1.29 is 24.9 Å². The molecule has 0 aromatic carbocycles. The Labute approximate surface area is 219 Å². The first kappa shape index (κ1) is 28.3. The fourth-order valence-corrected chi connectivity index (χ4v) is 9.63. The third kappa shape index (κ3) is 3.89. The molecular formula is C31H52O5. The second kappa shape index (κ2) is 9.17. The zero-order valence-corrected chi connectivity index (χ0v) is 24.1. The molecule has 5 nitrogen and oxygen atoms in total. The lowest BCUT2D eigenvalue weighted by atomic mass is 9.43. The Morgan fingerprint density at radius 3 is 2.36 bits per heavy atom. The fourth-order valence-electron chi connectivity index (χ4n) is 9.63. The molecule has 0 saturated heterocycles. The molecule has 4 aliphatic carbocycles. The van der Waals surface area contributed by atoms with Crippen LogP contribution in [0.1, 0.15) is 106 Å². The standard InChI is InChI=1S/C31H52O5/c1-19(9-10-25(34)31(7,35)18-32)20-11-16-30(6)26-21(12-15-29(20,30)5)28(4)14-13-24(33)27(2,3)23(28)17-22(26)36-8/h19-20,22-23,25,32,34-35H,9-18H2,1-8H3/t19-,20-,22?,23+,25?,28-,29-,30+,31?/m1/s1. The predicted molar refractivity (Wildman–Crippen MR) is 142 cm³/mol. The van der Waals surface area contributed by atoms with Gasteiger partial charge >= 0.3 is 0 Å². The maximum atomic E-state index is 13.0. The Morgan fingerprint density at radius 2 is 1.75 bits per heavy atom. The zero-order valence-electron chi connectivity index (χ0n) is 24.1. The SMILES string of the molecule is COC1C[C@H]2C(C)(C)C(=O)CC[C@]2(C)C2=C1[C@]1(C)CC[C@H]([C@H](C)CCC(O)C(C)(O)CO)[C@@]1(C)CC2. The molecule has 4 aliphatic rings. The number of allylic oxidation sites excluding steroid dienone is 1. The van der Waals surface area contributed by atoms with Crippen molar-refractivity contribution in [1.29, 1.82) is 0 Å². The lowest BCUT2D eigenvalue weighted by molar-refractivity contribution is -0.142. The van der Waals surface area contributed by atoms with E-state index >= 15 is 0 Å². The van der Waals surface area contributed by atoms with E-state index in [4.69, 9.17) is 4.74 Å². The van der Waals surface area contributed by atoms with Crippen LogP contribution in [-0.4, -0.2) is 52.6 Å². The number of methoxy groups -OCH3 is 1. The van der Waals surface area contributed by atoms with Crippen molar-refractivity contribution in [3.63, 3.8) is 0 Å². The van der Waals surface area contributed by atoms with Crippen LogP contribution in [0.2, 0.25) is 0 Å². The van der Waals surface area contributed by atoms with E-state index in [1.54, 1.807) is 11.1 Å². The van der Waals surface area contributed by atoms with Crippen molar-refractivity contribution in [2.45, 2.75) is 124 Å². The smallest absolute Gasteiger partial charge is 0.138 e. The van der Waals surface area contributed by atoms with Gasteiger partial charge in [-0.1, -0.05) is 47.1 Å². The van der Waals surface area contributed by atoms with Gasteiger partial charge in [-0.2, -0.15) is 0 Å². The highest BCUT2D eigenvalue weighted by molar-refractivity contribution is 5.85. The first-order valence-corrected chi connectivity index (χ1v) is 14.4. The summed E-state index contributed by atoms with van der Waals surface area (Å²) in [5.74, 6) is 1.69. The molecule has 4 rings (SSSR count). The van der Waals surface area contributed by atoms with Crippen LogP contribution in [0.15, 0.2) is 11.1 Å². The molecule has 0 radical (unpaired) electrons. The minimum absolute atomic E-state index is 0.0645. The number of hydrogen-bond acceptors (Lipinski definition) is 5. The molecule has 36 heavy (non-hydrogen) atoms. The molecule has 2 saturated carbocycles. The summed E-state index contributed by atoms with van der Waals surface area (Å²) in [4.78, 5) is 13.0. The summed E-state index contributed by atoms with van der Waals surface area (Å²) in [6.07, 6.45) is 7.62. The average Bonchev–Trinajstić information content (AvgIpc) is 3.11. The second-order valence-electron chi connectivity index (χ2n) is 14.4. The summed E-state index contributed by atoms with van der Waals surface area (Å²) in [5, 5.41) is 30.2. The molecule has 0 spiro atoms. The molecule has 0 bridgehead atoms. The third-order valence-electron chi connectivity index (χ3n) is 12.4. The molecule has 2 fully saturated rings. The number of carbonyl (C=O) groups is 1. The van der Waals surface area contributed by atoms with Gasteiger partial charge in [0.2, 0.25) is 0 Å². The molecule has 9 atom stereocenters. The largest absolute Gasteiger partial charge is 0.393 e. The number of hydrogen-bond donors (Lipinski definition) is 3. The van der Waals surface area contributed by atoms with Gasteiger partial charge in [0.15, 0.2) is 0 Å². The van der Waals surface area contributed by atoms with Crippen LogP contribution in [0, 0.1) is 39.4 Å². The molecule has 0 aliphatic heterocycles. The highest BCUT2D eigenvalue weighted by Gasteiger charge is 2.65. The van der Waals surface area contributed by atoms with Gasteiger partial charge in [-0.15, -0.1) is 0 Å². The summed E-state index contributed by atoms with van der Waals surface area (Å²) in [7, 11) is 1.86. The van der Waals surface area contributed by atoms with Gasteiger partial charge in [-0.3, -0.25) is 4.79 Å². The van der Waals surface area contributed by atoms with Crippen molar-refractivity contribution >= 4 is 5.78 Å². The lowest BCUT2D eigenvalue weighted by Crippen LogP contribution is -2.57. The van der Waals surface area contributed by atoms with E-state index in [0.29, 0.717) is 36.4 Å². The van der Waals surface area contributed by atoms with E-state index in [0.717, 1.165) is 44.9 Å². The monoisotopic (exact) mass is 504 g/mol. The van der Waals surface area contributed by atoms with Crippen molar-refractivity contribution in [3.8, 4) is 0 Å². The number of Topliss-reactive ketones (excluding diaryl/α,β-unsaturated/α-hetero) is 1. The molecule has 5 heteroatoms. The van der Waals surface area contributed by atoms with E-state index in [1.165, 1.54) is 6.92 Å². The topological polar surface area (TPSA) is 87.0 Å². The first-order valence-electron chi connectivity index (χ1n) is 14.4. The highest BCUT2D eigenvalue weighted by atomic mass is 16.5. The van der Waals surface area contributed by atoms with Crippen LogP contribution >= 0.6 is 0 Å². The van der Waals surface area contributed by atoms with E-state index < -0.39 is 18.3 Å². The van der Waals surface area contributed by atoms with E-state index in [-0.39, 0.29) is 27.8 Å². The highest BCUT2D eigenvalue weighted by Crippen LogP contribution is 2.72. The van der Waals surface area contributed by atoms with Crippen molar-refractivity contribution in [1.82, 2.24) is 0 Å². The minimum atomic E-state index is -1.45. The maximum absolute atomic E-state index is 13.0. The molecule has 0 aromatic heterocycles. The zero-order chi connectivity index (χ0) is 26.9. The number of aliphatic hydroxyl groups excluding tert-OH is 2. The predicted octanol–water partition coefficient (Wildman–Crippen LogP) is 5.45. The summed E-state index contributed by atoms with van der Waals surface area (Å²) in [6.45, 7) is 15.2. The van der Waals surface area contributed by atoms with Gasteiger partial charge in [0, 0.05) is 18.9 Å². The summed E-state index contributed by atoms with van der Waals surface area (Å²) < 4.78 is 6.27. The van der Waals surface area contributed by atoms with Crippen LogP contribution < -0.4 is 0 Å². The van der Waals surface area contributed by atoms with Gasteiger partial charge in [0.05, 0.1) is 18.8 Å². The van der Waals surface area contributed by atoms with Crippen LogP contribution in [0.5, 0.6) is 0 Å². The normalized spacial score (nSPS) is 43.3. The summed E-state index contributed by atoms with van der Waals surface area (Å²) in [6, 6.07) is 0. The van der Waals surface area contributed by atoms with Gasteiger partial charge in [0.1, 0.15) is 11.4 Å². The Morgan fingerprint density at radius 1 is 1.08 bits per heavy atom. The maximum Gasteiger partial charge on any atom is 0.138 e. The number of ether oxygens (including phenoxy) is 1. The number of fused-ring (bicyclic) bond motifs is 4. The number of rotatable bonds is 7. The Balaban J connectivity index is 1.66. The van der Waals surface area contributed by atoms with E-state index in [2.05, 4.69) is 41.5 Å². The van der Waals surface area contributed by atoms with E-state index in [1.807, 2.05) is 7.11 Å². The molecule has 3 N–H and O–H groups in total. The molecule has 3 unspecified atom stereocenters. The van der Waals surface area contributed by atoms with Gasteiger partial charge in [-0.05, 0) is 97.9 Å². The van der Waals surface area contributed by atoms with Crippen molar-refractivity contribution in [3.05, 3.63) is 11.1 Å². The molecule has 0 aromatic rings. The lowest BCUT2D eigenvalue weighted by Gasteiger charge is -2.62. The van der Waals surface area contributed by atoms with Crippen molar-refractivity contribution in [2.75, 3.05) is 13.7 Å². The Bertz CT molecular complexity index is 905. The Kier molecular flexibility index (Phi) is 7.20. The second-order valence-corrected chi connectivity index (χ2v) is 14.4. The van der Waals surface area contributed by atoms with Gasteiger partial charge in [0.25, 0.3) is 0 Å². The molecule has 0 heterocycles.